The van der Waals surface area contributed by atoms with Gasteiger partial charge in [0.15, 0.2) is 0 Å². The summed E-state index contributed by atoms with van der Waals surface area (Å²) in [5.74, 6) is 1.49. The minimum atomic E-state index is -0.0587. The van der Waals surface area contributed by atoms with E-state index in [1.54, 1.807) is 18.2 Å². The van der Waals surface area contributed by atoms with Gasteiger partial charge in [-0.05, 0) is 53.9 Å². The second-order valence-corrected chi connectivity index (χ2v) is 12.4. The Bertz CT molecular complexity index is 1200. The van der Waals surface area contributed by atoms with Crippen LogP contribution in [-0.2, 0) is 11.2 Å². The Balaban J connectivity index is 1.19. The van der Waals surface area contributed by atoms with Crippen LogP contribution in [0.25, 0.3) is 0 Å². The Kier molecular flexibility index (Phi) is 8.18. The van der Waals surface area contributed by atoms with E-state index < -0.39 is 0 Å². The number of carbonyl (C=O) groups is 2. The lowest BCUT2D eigenvalue weighted by atomic mass is 9.49. The van der Waals surface area contributed by atoms with Crippen molar-refractivity contribution in [3.63, 3.8) is 0 Å². The standard InChI is InChI=1S/C31H37Cl2N3O2/c1-31(2)24-9-8-23(27(31)19-24)21-36(29(37)18-22-6-4-3-5-7-22)17-14-34-12-15-35(16-13-34)30(38)26-11-10-25(32)20-28(26)33/h3-8,10-11,20,24,27H,9,12-19,21H2,1-2H3. The van der Waals surface area contributed by atoms with Crippen molar-refractivity contribution in [1.82, 2.24) is 14.7 Å². The number of halogens is 2. The molecule has 2 fully saturated rings. The van der Waals surface area contributed by atoms with Crippen molar-refractivity contribution in [3.05, 3.63) is 81.4 Å². The van der Waals surface area contributed by atoms with Gasteiger partial charge in [0.2, 0.25) is 5.91 Å². The van der Waals surface area contributed by atoms with Crippen molar-refractivity contribution >= 4 is 35.0 Å². The van der Waals surface area contributed by atoms with Crippen molar-refractivity contribution < 1.29 is 9.59 Å². The van der Waals surface area contributed by atoms with Crippen LogP contribution in [0.3, 0.4) is 0 Å². The van der Waals surface area contributed by atoms with Crippen molar-refractivity contribution in [3.8, 4) is 0 Å². The number of amides is 2. The van der Waals surface area contributed by atoms with Gasteiger partial charge in [-0.3, -0.25) is 14.5 Å². The highest BCUT2D eigenvalue weighted by Gasteiger charge is 2.51. The number of benzene rings is 2. The molecule has 2 aromatic rings. The van der Waals surface area contributed by atoms with Gasteiger partial charge in [0.1, 0.15) is 0 Å². The summed E-state index contributed by atoms with van der Waals surface area (Å²) >= 11 is 12.3. The molecule has 38 heavy (non-hydrogen) atoms. The normalized spacial score (nSPS) is 22.4. The van der Waals surface area contributed by atoms with E-state index in [4.69, 9.17) is 23.2 Å². The SMILES string of the molecule is CC1(C)C2CC=C(CN(CCN3CCN(C(=O)c4ccc(Cl)cc4Cl)CC3)C(=O)Cc3ccccc3)C1C2. The molecule has 0 spiro atoms. The average molecular weight is 555 g/mol. The van der Waals surface area contributed by atoms with Crippen LogP contribution >= 0.6 is 23.2 Å². The highest BCUT2D eigenvalue weighted by atomic mass is 35.5. The summed E-state index contributed by atoms with van der Waals surface area (Å²) in [7, 11) is 0. The second-order valence-electron chi connectivity index (χ2n) is 11.6. The zero-order valence-electron chi connectivity index (χ0n) is 22.3. The van der Waals surface area contributed by atoms with Gasteiger partial charge in [0, 0.05) is 50.8 Å². The molecule has 2 aromatic carbocycles. The third-order valence-electron chi connectivity index (χ3n) is 9.01. The van der Waals surface area contributed by atoms with Crippen molar-refractivity contribution in [2.75, 3.05) is 45.8 Å². The molecule has 0 N–H and O–H groups in total. The Morgan fingerprint density at radius 2 is 1.76 bits per heavy atom. The lowest BCUT2D eigenvalue weighted by Gasteiger charge is -2.57. The van der Waals surface area contributed by atoms with E-state index in [0.29, 0.717) is 53.0 Å². The number of carbonyl (C=O) groups excluding carboxylic acids is 2. The molecule has 2 unspecified atom stereocenters. The first-order valence-electron chi connectivity index (χ1n) is 13.7. The first-order valence-corrected chi connectivity index (χ1v) is 14.5. The molecule has 2 bridgehead atoms. The topological polar surface area (TPSA) is 43.9 Å². The predicted molar refractivity (Wildman–Crippen MR) is 154 cm³/mol. The molecule has 1 heterocycles. The zero-order valence-corrected chi connectivity index (χ0v) is 23.8. The second kappa shape index (κ2) is 11.4. The minimum Gasteiger partial charge on any atom is -0.337 e. The number of rotatable bonds is 8. The number of piperazine rings is 1. The van der Waals surface area contributed by atoms with Crippen LogP contribution in [0.1, 0.15) is 42.6 Å². The zero-order chi connectivity index (χ0) is 26.9. The van der Waals surface area contributed by atoms with Crippen molar-refractivity contribution in [1.29, 1.82) is 0 Å². The summed E-state index contributed by atoms with van der Waals surface area (Å²) in [6.07, 6.45) is 5.22. The average Bonchev–Trinajstić information content (AvgIpc) is 2.91. The van der Waals surface area contributed by atoms with E-state index in [9.17, 15) is 9.59 Å². The molecular weight excluding hydrogens is 517 g/mol. The largest absolute Gasteiger partial charge is 0.337 e. The molecule has 6 rings (SSSR count). The number of fused-ring (bicyclic) bond motifs is 1. The molecule has 202 valence electrons. The molecule has 2 amide bonds. The Morgan fingerprint density at radius 1 is 1.03 bits per heavy atom. The van der Waals surface area contributed by atoms with Gasteiger partial charge in [0.25, 0.3) is 5.91 Å². The Morgan fingerprint density at radius 3 is 2.42 bits per heavy atom. The summed E-state index contributed by atoms with van der Waals surface area (Å²) in [6, 6.07) is 15.0. The smallest absolute Gasteiger partial charge is 0.255 e. The molecule has 7 heteroatoms. The number of hydrogen-bond donors (Lipinski definition) is 0. The predicted octanol–water partition coefficient (Wildman–Crippen LogP) is 5.81. The maximum Gasteiger partial charge on any atom is 0.255 e. The fourth-order valence-corrected chi connectivity index (χ4v) is 6.81. The van der Waals surface area contributed by atoms with E-state index in [2.05, 4.69) is 29.7 Å². The lowest BCUT2D eigenvalue weighted by molar-refractivity contribution is -0.130. The quantitative estimate of drug-likeness (QED) is 0.387. The van der Waals surface area contributed by atoms with Gasteiger partial charge in [0.05, 0.1) is 17.0 Å². The van der Waals surface area contributed by atoms with E-state index in [1.165, 1.54) is 12.0 Å². The van der Waals surface area contributed by atoms with Crippen LogP contribution in [0.5, 0.6) is 0 Å². The van der Waals surface area contributed by atoms with Gasteiger partial charge >= 0.3 is 0 Å². The fraction of sp³-hybridized carbons (Fsp3) is 0.484. The van der Waals surface area contributed by atoms with Crippen molar-refractivity contribution in [2.24, 2.45) is 17.3 Å². The van der Waals surface area contributed by atoms with Crippen LogP contribution in [0, 0.1) is 17.3 Å². The minimum absolute atomic E-state index is 0.0587. The van der Waals surface area contributed by atoms with E-state index in [-0.39, 0.29) is 11.8 Å². The maximum absolute atomic E-state index is 13.5. The number of hydrogen-bond acceptors (Lipinski definition) is 3. The van der Waals surface area contributed by atoms with Crippen LogP contribution in [-0.4, -0.2) is 72.3 Å². The van der Waals surface area contributed by atoms with Crippen LogP contribution in [0.2, 0.25) is 10.0 Å². The fourth-order valence-electron chi connectivity index (χ4n) is 6.32. The summed E-state index contributed by atoms with van der Waals surface area (Å²) in [5.41, 5.74) is 3.32. The Hall–Kier alpha value is -2.34. The molecule has 1 saturated heterocycles. The van der Waals surface area contributed by atoms with Gasteiger partial charge < -0.3 is 9.80 Å². The highest BCUT2D eigenvalue weighted by molar-refractivity contribution is 6.36. The van der Waals surface area contributed by atoms with Crippen LogP contribution in [0.15, 0.2) is 60.2 Å². The first-order chi connectivity index (χ1) is 18.2. The summed E-state index contributed by atoms with van der Waals surface area (Å²) < 4.78 is 0. The molecule has 1 aliphatic heterocycles. The van der Waals surface area contributed by atoms with Gasteiger partial charge in [-0.25, -0.2) is 0 Å². The maximum atomic E-state index is 13.5. The number of allylic oxidation sites excluding steroid dienone is 1. The summed E-state index contributed by atoms with van der Waals surface area (Å²) in [6.45, 7) is 9.80. The third-order valence-corrected chi connectivity index (χ3v) is 9.56. The van der Waals surface area contributed by atoms with E-state index in [0.717, 1.165) is 44.1 Å². The molecule has 1 saturated carbocycles. The van der Waals surface area contributed by atoms with E-state index >= 15 is 0 Å². The molecule has 4 aliphatic rings. The van der Waals surface area contributed by atoms with Gasteiger partial charge in [-0.15, -0.1) is 0 Å². The molecular formula is C31H37Cl2N3O2. The molecule has 2 atom stereocenters. The van der Waals surface area contributed by atoms with Gasteiger partial charge in [-0.2, -0.15) is 0 Å². The number of nitrogens with zero attached hydrogens (tertiary/aromatic N) is 3. The molecule has 3 aliphatic carbocycles. The van der Waals surface area contributed by atoms with E-state index in [1.807, 2.05) is 35.2 Å². The molecule has 0 radical (unpaired) electrons. The van der Waals surface area contributed by atoms with Crippen LogP contribution in [0.4, 0.5) is 0 Å². The van der Waals surface area contributed by atoms with Crippen molar-refractivity contribution in [2.45, 2.75) is 33.1 Å². The molecule has 0 aromatic heterocycles. The summed E-state index contributed by atoms with van der Waals surface area (Å²) in [4.78, 5) is 32.8. The van der Waals surface area contributed by atoms with Crippen LogP contribution < -0.4 is 0 Å². The molecule has 5 nitrogen and oxygen atoms in total. The third kappa shape index (κ3) is 5.80. The highest BCUT2D eigenvalue weighted by Crippen LogP contribution is 2.59. The monoisotopic (exact) mass is 553 g/mol. The lowest BCUT2D eigenvalue weighted by Crippen LogP contribution is -2.52. The summed E-state index contributed by atoms with van der Waals surface area (Å²) in [5, 5.41) is 0.905. The first kappa shape index (κ1) is 27.2. The Labute approximate surface area is 236 Å². The van der Waals surface area contributed by atoms with Gasteiger partial charge in [-0.1, -0.05) is 79.0 Å².